The summed E-state index contributed by atoms with van der Waals surface area (Å²) in [5, 5.41) is 15.1. The van der Waals surface area contributed by atoms with Crippen molar-refractivity contribution in [2.75, 3.05) is 11.6 Å². The lowest BCUT2D eigenvalue weighted by atomic mass is 9.95. The molecule has 6 heteroatoms. The molecule has 2 unspecified atom stereocenters. The molecule has 0 aromatic heterocycles. The molecule has 0 spiro atoms. The predicted octanol–water partition coefficient (Wildman–Crippen LogP) is 3.18. The number of thioether (sulfide) groups is 1. The largest absolute Gasteiger partial charge is 0.478 e. The van der Waals surface area contributed by atoms with Gasteiger partial charge < -0.3 is 15.7 Å². The maximum atomic E-state index is 12.1. The first kappa shape index (κ1) is 15.7. The molecule has 2 atom stereocenters. The van der Waals surface area contributed by atoms with Crippen molar-refractivity contribution < 1.29 is 14.7 Å². The van der Waals surface area contributed by atoms with Gasteiger partial charge in [0.05, 0.1) is 11.3 Å². The second kappa shape index (κ2) is 7.36. The summed E-state index contributed by atoms with van der Waals surface area (Å²) in [6, 6.07) is 6.21. The molecule has 21 heavy (non-hydrogen) atoms. The lowest BCUT2D eigenvalue weighted by molar-refractivity contribution is 0.0698. The van der Waals surface area contributed by atoms with E-state index in [1.165, 1.54) is 12.5 Å². The lowest BCUT2D eigenvalue weighted by Crippen LogP contribution is -2.45. The third-order valence-corrected chi connectivity index (χ3v) is 4.90. The Hall–Kier alpha value is -1.69. The van der Waals surface area contributed by atoms with Gasteiger partial charge in [0.15, 0.2) is 0 Å². The third-order valence-electron chi connectivity index (χ3n) is 3.73. The molecule has 0 aliphatic heterocycles. The van der Waals surface area contributed by atoms with Crippen LogP contribution < -0.4 is 10.6 Å². The number of rotatable bonds is 4. The number of benzene rings is 1. The van der Waals surface area contributed by atoms with Crippen LogP contribution in [0, 0.1) is 0 Å². The Balaban J connectivity index is 2.00. The lowest BCUT2D eigenvalue weighted by Gasteiger charge is -2.30. The van der Waals surface area contributed by atoms with E-state index in [4.69, 9.17) is 5.11 Å². The summed E-state index contributed by atoms with van der Waals surface area (Å²) in [5.41, 5.74) is 0.414. The van der Waals surface area contributed by atoms with Gasteiger partial charge in [-0.3, -0.25) is 0 Å². The van der Waals surface area contributed by atoms with Crippen molar-refractivity contribution in [2.24, 2.45) is 0 Å². The summed E-state index contributed by atoms with van der Waals surface area (Å²) >= 11 is 1.77. The molecule has 1 aliphatic rings. The van der Waals surface area contributed by atoms with Gasteiger partial charge in [0.2, 0.25) is 0 Å². The highest BCUT2D eigenvalue weighted by Crippen LogP contribution is 2.27. The van der Waals surface area contributed by atoms with Crippen molar-refractivity contribution in [3.05, 3.63) is 29.8 Å². The molecule has 1 aromatic rings. The number of hydrogen-bond donors (Lipinski definition) is 3. The van der Waals surface area contributed by atoms with E-state index in [1.54, 1.807) is 30.0 Å². The van der Waals surface area contributed by atoms with Crippen molar-refractivity contribution >= 4 is 29.4 Å². The highest BCUT2D eigenvalue weighted by molar-refractivity contribution is 7.99. The molecule has 114 valence electrons. The van der Waals surface area contributed by atoms with Crippen LogP contribution in [0.15, 0.2) is 24.3 Å². The van der Waals surface area contributed by atoms with Crippen molar-refractivity contribution in [1.29, 1.82) is 0 Å². The van der Waals surface area contributed by atoms with E-state index in [-0.39, 0.29) is 17.6 Å². The van der Waals surface area contributed by atoms with E-state index in [0.717, 1.165) is 19.3 Å². The van der Waals surface area contributed by atoms with E-state index in [0.29, 0.717) is 10.9 Å². The van der Waals surface area contributed by atoms with Gasteiger partial charge in [0, 0.05) is 11.3 Å². The molecule has 1 saturated carbocycles. The number of aromatic carboxylic acids is 1. The van der Waals surface area contributed by atoms with Crippen LogP contribution in [0.3, 0.4) is 0 Å². The second-order valence-corrected chi connectivity index (χ2v) is 6.19. The summed E-state index contributed by atoms with van der Waals surface area (Å²) in [5.74, 6) is -1.05. The SMILES string of the molecule is CSC1CCCCC1NC(=O)Nc1ccccc1C(=O)O. The molecule has 5 nitrogen and oxygen atoms in total. The number of hydrogen-bond acceptors (Lipinski definition) is 3. The minimum absolute atomic E-state index is 0.0951. The van der Waals surface area contributed by atoms with Crippen LogP contribution in [0.25, 0.3) is 0 Å². The Morgan fingerprint density at radius 2 is 1.95 bits per heavy atom. The zero-order valence-electron chi connectivity index (χ0n) is 12.0. The highest BCUT2D eigenvalue weighted by atomic mass is 32.2. The van der Waals surface area contributed by atoms with E-state index in [2.05, 4.69) is 16.9 Å². The zero-order chi connectivity index (χ0) is 15.2. The van der Waals surface area contributed by atoms with Gasteiger partial charge in [-0.25, -0.2) is 9.59 Å². The molecule has 0 radical (unpaired) electrons. The van der Waals surface area contributed by atoms with Crippen LogP contribution >= 0.6 is 11.8 Å². The van der Waals surface area contributed by atoms with E-state index in [1.807, 2.05) is 0 Å². The fraction of sp³-hybridized carbons (Fsp3) is 0.467. The maximum Gasteiger partial charge on any atom is 0.337 e. The third kappa shape index (κ3) is 4.14. The Morgan fingerprint density at radius 3 is 2.67 bits per heavy atom. The number of carbonyl (C=O) groups excluding carboxylic acids is 1. The molecule has 0 bridgehead atoms. The molecular weight excluding hydrogens is 288 g/mol. The molecule has 3 N–H and O–H groups in total. The first-order valence-electron chi connectivity index (χ1n) is 7.04. The summed E-state index contributed by atoms with van der Waals surface area (Å²) in [6.45, 7) is 0. The quantitative estimate of drug-likeness (QED) is 0.798. The number of carbonyl (C=O) groups is 2. The Bertz CT molecular complexity index is 521. The average molecular weight is 308 g/mol. The van der Waals surface area contributed by atoms with Crippen LogP contribution in [0.5, 0.6) is 0 Å². The molecule has 0 saturated heterocycles. The second-order valence-electron chi connectivity index (χ2n) is 5.11. The van der Waals surface area contributed by atoms with Crippen LogP contribution in [0.1, 0.15) is 36.0 Å². The van der Waals surface area contributed by atoms with Crippen molar-refractivity contribution in [1.82, 2.24) is 5.32 Å². The van der Waals surface area contributed by atoms with Crippen LogP contribution in [0.2, 0.25) is 0 Å². The van der Waals surface area contributed by atoms with Gasteiger partial charge in [0.1, 0.15) is 0 Å². The summed E-state index contributed by atoms with van der Waals surface area (Å²) in [6.07, 6.45) is 6.46. The van der Waals surface area contributed by atoms with Gasteiger partial charge in [-0.1, -0.05) is 25.0 Å². The van der Waals surface area contributed by atoms with Gasteiger partial charge in [0.25, 0.3) is 0 Å². The molecule has 1 aliphatic carbocycles. The van der Waals surface area contributed by atoms with Crippen molar-refractivity contribution in [3.8, 4) is 0 Å². The van der Waals surface area contributed by atoms with Crippen LogP contribution in [-0.2, 0) is 0 Å². The number of carboxylic acids is 1. The standard InChI is InChI=1S/C15H20N2O3S/c1-21-13-9-5-4-8-12(13)17-15(20)16-11-7-3-2-6-10(11)14(18)19/h2-3,6-7,12-13H,4-5,8-9H2,1H3,(H,18,19)(H2,16,17,20). The van der Waals surface area contributed by atoms with Crippen LogP contribution in [-0.4, -0.2) is 34.7 Å². The van der Waals surface area contributed by atoms with E-state index < -0.39 is 5.97 Å². The molecular formula is C15H20N2O3S. The Morgan fingerprint density at radius 1 is 1.24 bits per heavy atom. The van der Waals surface area contributed by atoms with Gasteiger partial charge >= 0.3 is 12.0 Å². The summed E-state index contributed by atoms with van der Waals surface area (Å²) in [7, 11) is 0. The molecule has 2 amide bonds. The molecule has 1 fully saturated rings. The number of anilines is 1. The minimum atomic E-state index is -1.05. The molecule has 2 rings (SSSR count). The maximum absolute atomic E-state index is 12.1. The van der Waals surface area contributed by atoms with Crippen LogP contribution in [0.4, 0.5) is 10.5 Å². The zero-order valence-corrected chi connectivity index (χ0v) is 12.8. The fourth-order valence-electron chi connectivity index (χ4n) is 2.65. The number of para-hydroxylation sites is 1. The Labute approximate surface area is 128 Å². The van der Waals surface area contributed by atoms with Crippen molar-refractivity contribution in [2.45, 2.75) is 37.0 Å². The number of nitrogens with one attached hydrogen (secondary N) is 2. The number of carboxylic acid groups (broad SMARTS) is 1. The summed E-state index contributed by atoms with van der Waals surface area (Å²) < 4.78 is 0. The highest BCUT2D eigenvalue weighted by Gasteiger charge is 2.26. The normalized spacial score (nSPS) is 21.6. The van der Waals surface area contributed by atoms with Crippen molar-refractivity contribution in [3.63, 3.8) is 0 Å². The first-order chi connectivity index (χ1) is 10.1. The molecule has 1 aromatic carbocycles. The molecule has 0 heterocycles. The topological polar surface area (TPSA) is 78.4 Å². The smallest absolute Gasteiger partial charge is 0.337 e. The fourth-order valence-corrected chi connectivity index (χ4v) is 3.58. The van der Waals surface area contributed by atoms with Gasteiger partial charge in [-0.05, 0) is 31.2 Å². The predicted molar refractivity (Wildman–Crippen MR) is 85.1 cm³/mol. The summed E-state index contributed by atoms with van der Waals surface area (Å²) in [4.78, 5) is 23.2. The Kier molecular flexibility index (Phi) is 5.50. The van der Waals surface area contributed by atoms with Gasteiger partial charge in [-0.2, -0.15) is 11.8 Å². The monoisotopic (exact) mass is 308 g/mol. The van der Waals surface area contributed by atoms with E-state index in [9.17, 15) is 9.59 Å². The minimum Gasteiger partial charge on any atom is -0.478 e. The average Bonchev–Trinajstić information content (AvgIpc) is 2.48. The number of amides is 2. The van der Waals surface area contributed by atoms with Gasteiger partial charge in [-0.15, -0.1) is 0 Å². The van der Waals surface area contributed by atoms with E-state index >= 15 is 0 Å². The number of urea groups is 1. The first-order valence-corrected chi connectivity index (χ1v) is 8.33.